The smallest absolute Gasteiger partial charge is 0.228 e. The van der Waals surface area contributed by atoms with E-state index in [-0.39, 0.29) is 11.8 Å². The molecule has 0 aromatic heterocycles. The van der Waals surface area contributed by atoms with Gasteiger partial charge in [-0.3, -0.25) is 4.79 Å². The minimum absolute atomic E-state index is 0.222. The number of hydrogen-bond acceptors (Lipinski definition) is 2. The van der Waals surface area contributed by atoms with E-state index in [4.69, 9.17) is 0 Å². The first kappa shape index (κ1) is 12.7. The summed E-state index contributed by atoms with van der Waals surface area (Å²) in [6, 6.07) is 6.14. The van der Waals surface area contributed by atoms with Crippen LogP contribution in [-0.2, 0) is 4.79 Å². The highest BCUT2D eigenvalue weighted by molar-refractivity contribution is 5.96. The molecule has 1 spiro atoms. The van der Waals surface area contributed by atoms with E-state index in [1.54, 1.807) is 0 Å². The fourth-order valence-corrected chi connectivity index (χ4v) is 3.42. The molecule has 1 atom stereocenters. The highest BCUT2D eigenvalue weighted by atomic mass is 16.2. The third-order valence-corrected chi connectivity index (χ3v) is 4.83. The summed E-state index contributed by atoms with van der Waals surface area (Å²) in [7, 11) is 0. The second-order valence-electron chi connectivity index (χ2n) is 6.13. The van der Waals surface area contributed by atoms with Crippen LogP contribution in [0.5, 0.6) is 0 Å². The van der Waals surface area contributed by atoms with Gasteiger partial charge in [-0.05, 0) is 62.7 Å². The molecular formula is C16H22N2O. The molecule has 1 aliphatic carbocycles. The van der Waals surface area contributed by atoms with Crippen LogP contribution in [0.1, 0.15) is 30.4 Å². The molecule has 2 aliphatic rings. The van der Waals surface area contributed by atoms with Gasteiger partial charge in [-0.25, -0.2) is 0 Å². The topological polar surface area (TPSA) is 41.1 Å². The summed E-state index contributed by atoms with van der Waals surface area (Å²) < 4.78 is 0. The number of anilines is 1. The minimum atomic E-state index is 0.222. The Bertz CT molecular complexity index is 483. The van der Waals surface area contributed by atoms with Crippen LogP contribution < -0.4 is 10.6 Å². The van der Waals surface area contributed by atoms with Crippen LogP contribution >= 0.6 is 0 Å². The second kappa shape index (κ2) is 4.64. The van der Waals surface area contributed by atoms with Crippen LogP contribution in [0, 0.1) is 25.2 Å². The van der Waals surface area contributed by atoms with Gasteiger partial charge in [0.25, 0.3) is 0 Å². The molecule has 1 unspecified atom stereocenters. The monoisotopic (exact) mass is 258 g/mol. The standard InChI is InChI=1S/C16H22N2O/c1-11-4-3-5-12(2)14(11)18-15(19)13-10-16(13)6-8-17-9-7-16/h3-5,13,17H,6-10H2,1-2H3,(H,18,19). The predicted molar refractivity (Wildman–Crippen MR) is 77.2 cm³/mol. The van der Waals surface area contributed by atoms with Crippen molar-refractivity contribution in [2.45, 2.75) is 33.1 Å². The van der Waals surface area contributed by atoms with Crippen LogP contribution in [0.3, 0.4) is 0 Å². The van der Waals surface area contributed by atoms with Crippen molar-refractivity contribution in [3.05, 3.63) is 29.3 Å². The first-order valence-corrected chi connectivity index (χ1v) is 7.20. The molecule has 1 saturated carbocycles. The van der Waals surface area contributed by atoms with Crippen molar-refractivity contribution < 1.29 is 4.79 Å². The van der Waals surface area contributed by atoms with Crippen molar-refractivity contribution in [2.24, 2.45) is 11.3 Å². The Kier molecular flexibility index (Phi) is 3.09. The largest absolute Gasteiger partial charge is 0.325 e. The zero-order chi connectivity index (χ0) is 13.5. The van der Waals surface area contributed by atoms with Crippen LogP contribution in [0.15, 0.2) is 18.2 Å². The molecule has 19 heavy (non-hydrogen) atoms. The number of amides is 1. The maximum absolute atomic E-state index is 12.4. The number of benzene rings is 1. The molecule has 1 heterocycles. The van der Waals surface area contributed by atoms with Gasteiger partial charge >= 0.3 is 0 Å². The number of aryl methyl sites for hydroxylation is 2. The first-order valence-electron chi connectivity index (χ1n) is 7.20. The maximum atomic E-state index is 12.4. The molecule has 3 heteroatoms. The maximum Gasteiger partial charge on any atom is 0.228 e. The van der Waals surface area contributed by atoms with Gasteiger partial charge in [-0.2, -0.15) is 0 Å². The van der Waals surface area contributed by atoms with E-state index in [1.807, 2.05) is 6.07 Å². The normalized spacial score (nSPS) is 24.2. The predicted octanol–water partition coefficient (Wildman–Crippen LogP) is 2.63. The lowest BCUT2D eigenvalue weighted by Crippen LogP contribution is -2.31. The van der Waals surface area contributed by atoms with Gasteiger partial charge in [0.05, 0.1) is 0 Å². The van der Waals surface area contributed by atoms with E-state index in [9.17, 15) is 4.79 Å². The Hall–Kier alpha value is -1.35. The van der Waals surface area contributed by atoms with E-state index in [0.29, 0.717) is 5.41 Å². The van der Waals surface area contributed by atoms with E-state index in [2.05, 4.69) is 36.6 Å². The Labute approximate surface area is 114 Å². The number of carbonyl (C=O) groups excluding carboxylic acids is 1. The zero-order valence-corrected chi connectivity index (χ0v) is 11.8. The minimum Gasteiger partial charge on any atom is -0.325 e. The molecule has 1 amide bonds. The lowest BCUT2D eigenvalue weighted by molar-refractivity contribution is -0.118. The van der Waals surface area contributed by atoms with Crippen molar-refractivity contribution >= 4 is 11.6 Å². The summed E-state index contributed by atoms with van der Waals surface area (Å²) >= 11 is 0. The van der Waals surface area contributed by atoms with Gasteiger partial charge in [0.1, 0.15) is 0 Å². The lowest BCUT2D eigenvalue weighted by atomic mass is 9.91. The fourth-order valence-electron chi connectivity index (χ4n) is 3.42. The van der Waals surface area contributed by atoms with Gasteiger partial charge < -0.3 is 10.6 Å². The van der Waals surface area contributed by atoms with Gasteiger partial charge in [0.2, 0.25) is 5.91 Å². The van der Waals surface area contributed by atoms with E-state index < -0.39 is 0 Å². The molecule has 2 fully saturated rings. The highest BCUT2D eigenvalue weighted by Crippen LogP contribution is 2.58. The molecule has 0 bridgehead atoms. The summed E-state index contributed by atoms with van der Waals surface area (Å²) in [6.07, 6.45) is 3.38. The Morgan fingerprint density at radius 2 is 1.89 bits per heavy atom. The third kappa shape index (κ3) is 2.27. The Balaban J connectivity index is 1.70. The first-order chi connectivity index (χ1) is 9.12. The van der Waals surface area contributed by atoms with Crippen molar-refractivity contribution in [2.75, 3.05) is 18.4 Å². The van der Waals surface area contributed by atoms with Crippen molar-refractivity contribution in [1.29, 1.82) is 0 Å². The molecule has 3 rings (SSSR count). The number of piperidine rings is 1. The van der Waals surface area contributed by atoms with Gasteiger partial charge in [-0.15, -0.1) is 0 Å². The molecule has 1 aromatic rings. The molecule has 102 valence electrons. The molecular weight excluding hydrogens is 236 g/mol. The summed E-state index contributed by atoms with van der Waals surface area (Å²) in [4.78, 5) is 12.4. The lowest BCUT2D eigenvalue weighted by Gasteiger charge is -2.23. The fraction of sp³-hybridized carbons (Fsp3) is 0.562. The second-order valence-corrected chi connectivity index (χ2v) is 6.13. The number of para-hydroxylation sites is 1. The van der Waals surface area contributed by atoms with E-state index in [0.717, 1.165) is 49.2 Å². The van der Waals surface area contributed by atoms with Crippen LogP contribution in [0.4, 0.5) is 5.69 Å². The Morgan fingerprint density at radius 3 is 2.53 bits per heavy atom. The third-order valence-electron chi connectivity index (χ3n) is 4.83. The van der Waals surface area contributed by atoms with Gasteiger partial charge in [-0.1, -0.05) is 18.2 Å². The highest BCUT2D eigenvalue weighted by Gasteiger charge is 2.57. The summed E-state index contributed by atoms with van der Waals surface area (Å²) in [5, 5.41) is 6.53. The number of hydrogen-bond donors (Lipinski definition) is 2. The Morgan fingerprint density at radius 1 is 1.26 bits per heavy atom. The number of rotatable bonds is 2. The van der Waals surface area contributed by atoms with Crippen LogP contribution in [-0.4, -0.2) is 19.0 Å². The number of carbonyl (C=O) groups is 1. The molecule has 1 aromatic carbocycles. The zero-order valence-electron chi connectivity index (χ0n) is 11.8. The van der Waals surface area contributed by atoms with Crippen molar-refractivity contribution in [3.8, 4) is 0 Å². The van der Waals surface area contributed by atoms with Gasteiger partial charge in [0, 0.05) is 11.6 Å². The van der Waals surface area contributed by atoms with Crippen LogP contribution in [0.25, 0.3) is 0 Å². The molecule has 0 radical (unpaired) electrons. The van der Waals surface area contributed by atoms with E-state index >= 15 is 0 Å². The SMILES string of the molecule is Cc1cccc(C)c1NC(=O)C1CC12CCNCC2. The van der Waals surface area contributed by atoms with Crippen molar-refractivity contribution in [3.63, 3.8) is 0 Å². The molecule has 1 aliphatic heterocycles. The van der Waals surface area contributed by atoms with Crippen LogP contribution in [0.2, 0.25) is 0 Å². The molecule has 2 N–H and O–H groups in total. The summed E-state index contributed by atoms with van der Waals surface area (Å²) in [5.41, 5.74) is 3.61. The summed E-state index contributed by atoms with van der Waals surface area (Å²) in [6.45, 7) is 6.23. The van der Waals surface area contributed by atoms with E-state index in [1.165, 1.54) is 0 Å². The van der Waals surface area contributed by atoms with Crippen molar-refractivity contribution in [1.82, 2.24) is 5.32 Å². The van der Waals surface area contributed by atoms with Gasteiger partial charge in [0.15, 0.2) is 0 Å². The average Bonchev–Trinajstić information content (AvgIpc) is 3.08. The number of nitrogens with one attached hydrogen (secondary N) is 2. The average molecular weight is 258 g/mol. The molecule has 3 nitrogen and oxygen atoms in total. The summed E-state index contributed by atoms with van der Waals surface area (Å²) in [5.74, 6) is 0.452. The quantitative estimate of drug-likeness (QED) is 0.856. The molecule has 1 saturated heterocycles.